The fourth-order valence-electron chi connectivity index (χ4n) is 3.71. The zero-order valence-corrected chi connectivity index (χ0v) is 15.9. The van der Waals surface area contributed by atoms with Gasteiger partial charge in [-0.05, 0) is 49.1 Å². The van der Waals surface area contributed by atoms with E-state index in [0.717, 1.165) is 48.4 Å². The number of para-hydroxylation sites is 2. The molecule has 3 aromatic rings. The fourth-order valence-corrected chi connectivity index (χ4v) is 4.03. The number of anilines is 1. The van der Waals surface area contributed by atoms with Crippen molar-refractivity contribution in [2.75, 3.05) is 18.1 Å². The molecule has 1 aromatic heterocycles. The predicted molar refractivity (Wildman–Crippen MR) is 107 cm³/mol. The summed E-state index contributed by atoms with van der Waals surface area (Å²) < 4.78 is 2.21. The minimum Gasteiger partial charge on any atom is -0.394 e. The minimum absolute atomic E-state index is 0.119. The largest absolute Gasteiger partial charge is 0.394 e. The molecule has 0 spiro atoms. The van der Waals surface area contributed by atoms with E-state index in [9.17, 15) is 5.11 Å². The number of fused-ring (bicyclic) bond motifs is 1. The predicted octanol–water partition coefficient (Wildman–Crippen LogP) is 4.74. The number of aromatic nitrogens is 2. The Bertz CT molecular complexity index is 925. The van der Waals surface area contributed by atoms with E-state index < -0.39 is 0 Å². The number of nitrogens with zero attached hydrogens (tertiary/aromatic N) is 3. The highest BCUT2D eigenvalue weighted by Crippen LogP contribution is 2.30. The van der Waals surface area contributed by atoms with E-state index in [-0.39, 0.29) is 12.6 Å². The molecule has 4 rings (SSSR count). The van der Waals surface area contributed by atoms with Crippen molar-refractivity contribution in [2.45, 2.75) is 31.8 Å². The first kappa shape index (κ1) is 17.7. The van der Waals surface area contributed by atoms with Crippen LogP contribution in [-0.4, -0.2) is 33.9 Å². The lowest BCUT2D eigenvalue weighted by molar-refractivity contribution is 0.238. The lowest BCUT2D eigenvalue weighted by Gasteiger charge is -2.35. The maximum atomic E-state index is 9.83. The first-order valence-electron chi connectivity index (χ1n) is 8.94. The van der Waals surface area contributed by atoms with E-state index >= 15 is 0 Å². The van der Waals surface area contributed by atoms with Crippen molar-refractivity contribution >= 4 is 40.2 Å². The second-order valence-corrected chi connectivity index (χ2v) is 7.58. The zero-order valence-electron chi connectivity index (χ0n) is 14.4. The van der Waals surface area contributed by atoms with E-state index in [1.165, 1.54) is 0 Å². The summed E-state index contributed by atoms with van der Waals surface area (Å²) in [7, 11) is 0. The quantitative estimate of drug-likeness (QED) is 0.700. The van der Waals surface area contributed by atoms with Crippen LogP contribution < -0.4 is 4.90 Å². The van der Waals surface area contributed by atoms with Gasteiger partial charge in [-0.3, -0.25) is 0 Å². The molecule has 0 saturated carbocycles. The summed E-state index contributed by atoms with van der Waals surface area (Å²) in [6.07, 6.45) is 3.26. The van der Waals surface area contributed by atoms with Crippen LogP contribution in [0.15, 0.2) is 42.5 Å². The molecule has 2 heterocycles. The van der Waals surface area contributed by atoms with Crippen molar-refractivity contribution in [3.8, 4) is 0 Å². The normalized spacial score (nSPS) is 17.8. The van der Waals surface area contributed by atoms with Gasteiger partial charge in [0.05, 0.1) is 40.3 Å². The van der Waals surface area contributed by atoms with Gasteiger partial charge in [0, 0.05) is 6.54 Å². The lowest BCUT2D eigenvalue weighted by atomic mass is 10.0. The standard InChI is InChI=1S/C20H21Cl2N3O/c21-16-9-8-14(11-17(16)22)12-25-19-7-2-1-6-18(19)23-20(25)24-10-4-3-5-15(24)13-26/h1-2,6-9,11,15,26H,3-5,10,12-13H2/t15-/m0/s1. The van der Waals surface area contributed by atoms with E-state index in [4.69, 9.17) is 28.2 Å². The number of hydrogen-bond donors (Lipinski definition) is 1. The van der Waals surface area contributed by atoms with Crippen molar-refractivity contribution in [3.63, 3.8) is 0 Å². The van der Waals surface area contributed by atoms with Crippen LogP contribution in [0.25, 0.3) is 11.0 Å². The highest BCUT2D eigenvalue weighted by molar-refractivity contribution is 6.42. The van der Waals surface area contributed by atoms with Gasteiger partial charge in [0.1, 0.15) is 0 Å². The Labute approximate surface area is 163 Å². The molecule has 0 aliphatic carbocycles. The van der Waals surface area contributed by atoms with Crippen molar-refractivity contribution in [3.05, 3.63) is 58.1 Å². The van der Waals surface area contributed by atoms with Crippen LogP contribution in [0.3, 0.4) is 0 Å². The third-order valence-electron chi connectivity index (χ3n) is 5.05. The second kappa shape index (κ2) is 7.47. The van der Waals surface area contributed by atoms with Gasteiger partial charge in [0.2, 0.25) is 5.95 Å². The molecular weight excluding hydrogens is 369 g/mol. The van der Waals surface area contributed by atoms with Gasteiger partial charge >= 0.3 is 0 Å². The number of aliphatic hydroxyl groups excluding tert-OH is 1. The molecule has 1 saturated heterocycles. The summed E-state index contributed by atoms with van der Waals surface area (Å²) in [6, 6.07) is 14.0. The molecule has 0 radical (unpaired) electrons. The Morgan fingerprint density at radius 3 is 2.73 bits per heavy atom. The third-order valence-corrected chi connectivity index (χ3v) is 5.79. The SMILES string of the molecule is OC[C@@H]1CCCCN1c1nc2ccccc2n1Cc1ccc(Cl)c(Cl)c1. The Morgan fingerprint density at radius 2 is 1.92 bits per heavy atom. The van der Waals surface area contributed by atoms with Crippen molar-refractivity contribution in [1.82, 2.24) is 9.55 Å². The second-order valence-electron chi connectivity index (χ2n) is 6.76. The Balaban J connectivity index is 1.79. The molecule has 2 aromatic carbocycles. The van der Waals surface area contributed by atoms with Gasteiger partial charge < -0.3 is 14.6 Å². The summed E-state index contributed by atoms with van der Waals surface area (Å²) in [4.78, 5) is 7.14. The molecule has 6 heteroatoms. The molecule has 1 aliphatic rings. The van der Waals surface area contributed by atoms with E-state index in [1.807, 2.05) is 36.4 Å². The number of rotatable bonds is 4. The molecule has 1 aliphatic heterocycles. The van der Waals surface area contributed by atoms with Crippen LogP contribution in [-0.2, 0) is 6.54 Å². The van der Waals surface area contributed by atoms with Gasteiger partial charge in [0.15, 0.2) is 0 Å². The van der Waals surface area contributed by atoms with Crippen LogP contribution in [0.4, 0.5) is 5.95 Å². The summed E-state index contributed by atoms with van der Waals surface area (Å²) in [5.41, 5.74) is 3.11. The van der Waals surface area contributed by atoms with Gasteiger partial charge in [-0.25, -0.2) is 4.98 Å². The van der Waals surface area contributed by atoms with E-state index in [0.29, 0.717) is 16.6 Å². The maximum Gasteiger partial charge on any atom is 0.207 e. The number of halogens is 2. The molecule has 1 atom stereocenters. The van der Waals surface area contributed by atoms with Crippen LogP contribution >= 0.6 is 23.2 Å². The smallest absolute Gasteiger partial charge is 0.207 e. The lowest BCUT2D eigenvalue weighted by Crippen LogP contribution is -2.43. The van der Waals surface area contributed by atoms with E-state index in [1.54, 1.807) is 0 Å². The first-order valence-corrected chi connectivity index (χ1v) is 9.69. The van der Waals surface area contributed by atoms with Gasteiger partial charge in [-0.1, -0.05) is 41.4 Å². The van der Waals surface area contributed by atoms with Gasteiger partial charge in [-0.15, -0.1) is 0 Å². The number of hydrogen-bond acceptors (Lipinski definition) is 3. The number of imidazole rings is 1. The Kier molecular flexibility index (Phi) is 5.07. The minimum atomic E-state index is 0.119. The first-order chi connectivity index (χ1) is 12.7. The molecule has 1 N–H and O–H groups in total. The van der Waals surface area contributed by atoms with E-state index in [2.05, 4.69) is 15.5 Å². The van der Waals surface area contributed by atoms with Crippen LogP contribution in [0.2, 0.25) is 10.0 Å². The number of benzene rings is 2. The molecular formula is C20H21Cl2N3O. The van der Waals surface area contributed by atoms with Gasteiger partial charge in [0.25, 0.3) is 0 Å². The topological polar surface area (TPSA) is 41.3 Å². The molecule has 0 amide bonds. The van der Waals surface area contributed by atoms with Crippen LogP contribution in [0.5, 0.6) is 0 Å². The summed E-state index contributed by atoms with van der Waals surface area (Å²) in [5, 5.41) is 10.9. The van der Waals surface area contributed by atoms with Crippen LogP contribution in [0, 0.1) is 0 Å². The molecule has 1 fully saturated rings. The van der Waals surface area contributed by atoms with Crippen molar-refractivity contribution in [2.24, 2.45) is 0 Å². The number of piperidine rings is 1. The number of aliphatic hydroxyl groups is 1. The average Bonchev–Trinajstić information content (AvgIpc) is 3.03. The molecule has 26 heavy (non-hydrogen) atoms. The highest BCUT2D eigenvalue weighted by atomic mass is 35.5. The molecule has 136 valence electrons. The van der Waals surface area contributed by atoms with Gasteiger partial charge in [-0.2, -0.15) is 0 Å². The Morgan fingerprint density at radius 1 is 1.08 bits per heavy atom. The monoisotopic (exact) mass is 389 g/mol. The highest BCUT2D eigenvalue weighted by Gasteiger charge is 2.26. The summed E-state index contributed by atoms with van der Waals surface area (Å²) in [6.45, 7) is 1.72. The third kappa shape index (κ3) is 3.29. The zero-order chi connectivity index (χ0) is 18.1. The molecule has 4 nitrogen and oxygen atoms in total. The van der Waals surface area contributed by atoms with Crippen LogP contribution in [0.1, 0.15) is 24.8 Å². The average molecular weight is 390 g/mol. The molecule has 0 bridgehead atoms. The Hall–Kier alpha value is -1.75. The molecule has 0 unspecified atom stereocenters. The summed E-state index contributed by atoms with van der Waals surface area (Å²) >= 11 is 12.3. The van der Waals surface area contributed by atoms with Crippen molar-refractivity contribution < 1.29 is 5.11 Å². The van der Waals surface area contributed by atoms with Crippen molar-refractivity contribution in [1.29, 1.82) is 0 Å². The maximum absolute atomic E-state index is 9.83. The fraction of sp³-hybridized carbons (Fsp3) is 0.350. The summed E-state index contributed by atoms with van der Waals surface area (Å²) in [5.74, 6) is 0.913.